The van der Waals surface area contributed by atoms with Gasteiger partial charge in [-0.1, -0.05) is 6.92 Å². The van der Waals surface area contributed by atoms with Gasteiger partial charge in [-0.2, -0.15) is 5.26 Å². The molecule has 1 saturated carbocycles. The molecule has 0 radical (unpaired) electrons. The van der Waals surface area contributed by atoms with Crippen LogP contribution >= 0.6 is 0 Å². The van der Waals surface area contributed by atoms with E-state index in [0.717, 1.165) is 29.8 Å². The van der Waals surface area contributed by atoms with Crippen LogP contribution < -0.4 is 15.5 Å². The van der Waals surface area contributed by atoms with Gasteiger partial charge in [0.25, 0.3) is 5.91 Å². The second-order valence-corrected chi connectivity index (χ2v) is 8.64. The standard InChI is InChI=1S/C25H28N4O3/c1-15-23(28-20-8-3-17(14-26)4-9-20)21-13-19(25(32)27-11-12-30)7-10-22(21)29(16(2)31)24(15)18-5-6-18/h3-4,7-10,13,15,18,23-24,28,30H,5-6,11-12H2,1-2H3,(H,27,32)/t15-,23-,24-/m1/s1. The number of hydrogen-bond acceptors (Lipinski definition) is 5. The zero-order valence-corrected chi connectivity index (χ0v) is 18.3. The van der Waals surface area contributed by atoms with Gasteiger partial charge in [0.05, 0.1) is 24.3 Å². The summed E-state index contributed by atoms with van der Waals surface area (Å²) in [4.78, 5) is 27.2. The highest BCUT2D eigenvalue weighted by Crippen LogP contribution is 2.50. The fourth-order valence-electron chi connectivity index (χ4n) is 4.80. The molecular formula is C25H28N4O3. The Balaban J connectivity index is 1.76. The summed E-state index contributed by atoms with van der Waals surface area (Å²) in [7, 11) is 0. The summed E-state index contributed by atoms with van der Waals surface area (Å²) in [6, 6.07) is 14.9. The lowest BCUT2D eigenvalue weighted by Gasteiger charge is -2.46. The van der Waals surface area contributed by atoms with E-state index in [9.17, 15) is 9.59 Å². The summed E-state index contributed by atoms with van der Waals surface area (Å²) in [6.07, 6.45) is 2.22. The number of nitrogens with zero attached hydrogens (tertiary/aromatic N) is 2. The van der Waals surface area contributed by atoms with E-state index >= 15 is 0 Å². The van der Waals surface area contributed by atoms with Crippen LogP contribution in [0.4, 0.5) is 11.4 Å². The van der Waals surface area contributed by atoms with Crippen LogP contribution in [-0.2, 0) is 4.79 Å². The van der Waals surface area contributed by atoms with Gasteiger partial charge in [-0.3, -0.25) is 9.59 Å². The van der Waals surface area contributed by atoms with Crippen LogP contribution in [0.15, 0.2) is 42.5 Å². The molecule has 2 aliphatic rings. The Morgan fingerprint density at radius 3 is 2.50 bits per heavy atom. The third kappa shape index (κ3) is 4.19. The van der Waals surface area contributed by atoms with Crippen molar-refractivity contribution in [2.24, 2.45) is 11.8 Å². The molecule has 2 aromatic rings. The molecule has 3 atom stereocenters. The van der Waals surface area contributed by atoms with Crippen LogP contribution in [0.2, 0.25) is 0 Å². The second kappa shape index (κ2) is 9.01. The number of benzene rings is 2. The van der Waals surface area contributed by atoms with E-state index in [0.29, 0.717) is 17.0 Å². The summed E-state index contributed by atoms with van der Waals surface area (Å²) in [5, 5.41) is 24.4. The van der Waals surface area contributed by atoms with E-state index in [1.165, 1.54) is 0 Å². The number of aliphatic hydroxyl groups is 1. The van der Waals surface area contributed by atoms with Crippen LogP contribution in [0.25, 0.3) is 0 Å². The molecule has 0 bridgehead atoms. The van der Waals surface area contributed by atoms with Gasteiger partial charge in [0, 0.05) is 42.4 Å². The molecule has 3 N–H and O–H groups in total. The topological polar surface area (TPSA) is 105 Å². The molecule has 1 aliphatic carbocycles. The first-order chi connectivity index (χ1) is 15.4. The Bertz CT molecular complexity index is 1060. The van der Waals surface area contributed by atoms with Gasteiger partial charge < -0.3 is 20.6 Å². The van der Waals surface area contributed by atoms with E-state index in [2.05, 4.69) is 23.6 Å². The maximum atomic E-state index is 12.7. The number of carbonyl (C=O) groups excluding carboxylic acids is 2. The van der Waals surface area contributed by atoms with Crippen molar-refractivity contribution in [2.75, 3.05) is 23.4 Å². The molecule has 7 heteroatoms. The van der Waals surface area contributed by atoms with Gasteiger partial charge in [0.2, 0.25) is 5.91 Å². The second-order valence-electron chi connectivity index (χ2n) is 8.64. The molecule has 1 fully saturated rings. The fraction of sp³-hybridized carbons (Fsp3) is 0.400. The Morgan fingerprint density at radius 2 is 1.91 bits per heavy atom. The van der Waals surface area contributed by atoms with Crippen molar-refractivity contribution in [1.29, 1.82) is 5.26 Å². The number of nitriles is 1. The number of nitrogens with one attached hydrogen (secondary N) is 2. The number of anilines is 2. The molecule has 1 heterocycles. The summed E-state index contributed by atoms with van der Waals surface area (Å²) < 4.78 is 0. The number of aliphatic hydroxyl groups excluding tert-OH is 1. The van der Waals surface area contributed by atoms with E-state index < -0.39 is 0 Å². The number of hydrogen-bond donors (Lipinski definition) is 3. The van der Waals surface area contributed by atoms with Crippen molar-refractivity contribution in [3.63, 3.8) is 0 Å². The average Bonchev–Trinajstić information content (AvgIpc) is 3.64. The highest BCUT2D eigenvalue weighted by atomic mass is 16.3. The van der Waals surface area contributed by atoms with Crippen molar-refractivity contribution in [2.45, 2.75) is 38.8 Å². The van der Waals surface area contributed by atoms with Crippen molar-refractivity contribution < 1.29 is 14.7 Å². The van der Waals surface area contributed by atoms with E-state index in [1.54, 1.807) is 25.1 Å². The van der Waals surface area contributed by atoms with Crippen LogP contribution in [0.5, 0.6) is 0 Å². The smallest absolute Gasteiger partial charge is 0.251 e. The minimum Gasteiger partial charge on any atom is -0.395 e. The predicted octanol–water partition coefficient (Wildman–Crippen LogP) is 3.21. The highest BCUT2D eigenvalue weighted by molar-refractivity contribution is 5.98. The SMILES string of the molecule is CC(=O)N1c2ccc(C(=O)NCCO)cc2[C@H](Nc2ccc(C#N)cc2)[C@@H](C)[C@@H]1C1CC1. The molecule has 2 aromatic carbocycles. The van der Waals surface area contributed by atoms with E-state index in [1.807, 2.05) is 29.2 Å². The summed E-state index contributed by atoms with van der Waals surface area (Å²) in [6.45, 7) is 3.81. The first-order valence-corrected chi connectivity index (χ1v) is 11.0. The largest absolute Gasteiger partial charge is 0.395 e. The summed E-state index contributed by atoms with van der Waals surface area (Å²) in [5.41, 5.74) is 3.69. The van der Waals surface area contributed by atoms with Crippen LogP contribution in [-0.4, -0.2) is 36.1 Å². The van der Waals surface area contributed by atoms with Crippen LogP contribution in [0.1, 0.15) is 54.2 Å². The minimum absolute atomic E-state index is 0.00399. The first-order valence-electron chi connectivity index (χ1n) is 11.0. The van der Waals surface area contributed by atoms with Gasteiger partial charge >= 0.3 is 0 Å². The monoisotopic (exact) mass is 432 g/mol. The number of carbonyl (C=O) groups is 2. The Labute approximate surface area is 188 Å². The van der Waals surface area contributed by atoms with Gasteiger partial charge in [0.1, 0.15) is 0 Å². The van der Waals surface area contributed by atoms with Crippen LogP contribution in [0.3, 0.4) is 0 Å². The van der Waals surface area contributed by atoms with Gasteiger partial charge in [-0.25, -0.2) is 0 Å². The third-order valence-corrected chi connectivity index (χ3v) is 6.42. The zero-order chi connectivity index (χ0) is 22.8. The highest BCUT2D eigenvalue weighted by Gasteiger charge is 2.47. The molecule has 0 unspecified atom stereocenters. The lowest BCUT2D eigenvalue weighted by molar-refractivity contribution is -0.117. The van der Waals surface area contributed by atoms with E-state index in [-0.39, 0.29) is 43.0 Å². The normalized spacial score (nSPS) is 21.9. The number of fused-ring (bicyclic) bond motifs is 1. The maximum Gasteiger partial charge on any atom is 0.251 e. The van der Waals surface area contributed by atoms with Crippen molar-refractivity contribution in [3.8, 4) is 6.07 Å². The molecule has 0 spiro atoms. The Kier molecular flexibility index (Phi) is 6.15. The molecule has 4 rings (SSSR count). The number of rotatable bonds is 6. The van der Waals surface area contributed by atoms with E-state index in [4.69, 9.17) is 10.4 Å². The molecule has 0 aromatic heterocycles. The average molecular weight is 433 g/mol. The fourth-order valence-corrected chi connectivity index (χ4v) is 4.80. The lowest BCUT2D eigenvalue weighted by atomic mass is 9.79. The molecule has 32 heavy (non-hydrogen) atoms. The minimum atomic E-state index is -0.259. The maximum absolute atomic E-state index is 12.7. The molecule has 7 nitrogen and oxygen atoms in total. The molecule has 166 valence electrons. The van der Waals surface area contributed by atoms with Crippen molar-refractivity contribution >= 4 is 23.2 Å². The van der Waals surface area contributed by atoms with Crippen LogP contribution in [0, 0.1) is 23.2 Å². The van der Waals surface area contributed by atoms with Gasteiger partial charge in [-0.15, -0.1) is 0 Å². The van der Waals surface area contributed by atoms with Gasteiger partial charge in [-0.05, 0) is 66.8 Å². The van der Waals surface area contributed by atoms with Crippen molar-refractivity contribution in [1.82, 2.24) is 5.32 Å². The molecule has 1 aliphatic heterocycles. The molecular weight excluding hydrogens is 404 g/mol. The first kappa shape index (κ1) is 21.8. The lowest BCUT2D eigenvalue weighted by Crippen LogP contribution is -2.51. The summed E-state index contributed by atoms with van der Waals surface area (Å²) in [5.74, 6) is 0.333. The summed E-state index contributed by atoms with van der Waals surface area (Å²) >= 11 is 0. The molecule has 0 saturated heterocycles. The van der Waals surface area contributed by atoms with Crippen molar-refractivity contribution in [3.05, 3.63) is 59.2 Å². The van der Waals surface area contributed by atoms with Gasteiger partial charge in [0.15, 0.2) is 0 Å². The molecule has 2 amide bonds. The Morgan fingerprint density at radius 1 is 1.19 bits per heavy atom. The number of amides is 2. The zero-order valence-electron chi connectivity index (χ0n) is 18.3. The quantitative estimate of drug-likeness (QED) is 0.650. The predicted molar refractivity (Wildman–Crippen MR) is 122 cm³/mol. The Hall–Kier alpha value is -3.37. The third-order valence-electron chi connectivity index (χ3n) is 6.42.